The smallest absolute Gasteiger partial charge is 0.209 e. The quantitative estimate of drug-likeness (QED) is 0.492. The molecule has 0 aliphatic carbocycles. The summed E-state index contributed by atoms with van der Waals surface area (Å²) in [5.74, 6) is 0. The van der Waals surface area contributed by atoms with E-state index in [1.54, 1.807) is 14.1 Å². The molecule has 0 radical (unpaired) electrons. The van der Waals surface area contributed by atoms with E-state index in [4.69, 9.17) is 5.40 Å². The Bertz CT molecular complexity index is 118. The van der Waals surface area contributed by atoms with Crippen molar-refractivity contribution in [1.82, 2.24) is 4.90 Å². The summed E-state index contributed by atoms with van der Waals surface area (Å²) in [6.45, 7) is 7.65. The minimum Gasteiger partial charge on any atom is -0.351 e. The molecule has 4 heteroatoms. The van der Waals surface area contributed by atoms with Gasteiger partial charge in [0.05, 0.1) is 0 Å². The number of rotatable bonds is 2. The Morgan fingerprint density at radius 3 is 1.64 bits per heavy atom. The zero-order valence-corrected chi connectivity index (χ0v) is 8.79. The standard InChI is InChI=1S/C4H11NSi.C3H7NO/c1-4-6(2,3)5;1-4(2)3-5/h4H,1,5H2,2-3H3;3H,1-2H3. The molecule has 1 amide bonds. The first-order chi connectivity index (χ1) is 4.83. The van der Waals surface area contributed by atoms with Gasteiger partial charge in [0.2, 0.25) is 6.41 Å². The number of amides is 1. The van der Waals surface area contributed by atoms with E-state index >= 15 is 0 Å². The van der Waals surface area contributed by atoms with Crippen LogP contribution in [0, 0.1) is 0 Å². The van der Waals surface area contributed by atoms with E-state index in [-0.39, 0.29) is 0 Å². The molecule has 3 nitrogen and oxygen atoms in total. The molecule has 0 bridgehead atoms. The van der Waals surface area contributed by atoms with Crippen LogP contribution in [0.4, 0.5) is 0 Å². The van der Waals surface area contributed by atoms with Crippen LogP contribution in [0.15, 0.2) is 12.3 Å². The van der Waals surface area contributed by atoms with Crippen molar-refractivity contribution in [2.24, 2.45) is 5.40 Å². The highest BCUT2D eigenvalue weighted by molar-refractivity contribution is 6.79. The van der Waals surface area contributed by atoms with Crippen LogP contribution in [0.1, 0.15) is 0 Å². The van der Waals surface area contributed by atoms with Gasteiger partial charge >= 0.3 is 0 Å². The minimum atomic E-state index is -1.37. The molecule has 11 heavy (non-hydrogen) atoms. The number of nitrogens with two attached hydrogens (primary N) is 1. The van der Waals surface area contributed by atoms with Gasteiger partial charge in [0.15, 0.2) is 0 Å². The summed E-state index contributed by atoms with van der Waals surface area (Å²) in [5.41, 5.74) is 1.85. The summed E-state index contributed by atoms with van der Waals surface area (Å²) in [7, 11) is 2.01. The van der Waals surface area contributed by atoms with Crippen molar-refractivity contribution in [3.8, 4) is 0 Å². The van der Waals surface area contributed by atoms with Crippen molar-refractivity contribution in [2.45, 2.75) is 13.1 Å². The number of hydrogen-bond acceptors (Lipinski definition) is 2. The number of nitrogens with zero attached hydrogens (tertiary/aromatic N) is 1. The Labute approximate surface area is 70.0 Å². The average molecular weight is 174 g/mol. The van der Waals surface area contributed by atoms with Gasteiger partial charge in [-0.3, -0.25) is 4.79 Å². The molecule has 0 unspecified atom stereocenters. The maximum atomic E-state index is 9.43. The average Bonchev–Trinajstić information content (AvgIpc) is 1.88. The molecule has 0 atom stereocenters. The third-order valence-corrected chi connectivity index (χ3v) is 1.79. The van der Waals surface area contributed by atoms with Crippen LogP contribution in [-0.4, -0.2) is 33.6 Å². The Balaban J connectivity index is 0. The molecule has 0 aromatic heterocycles. The van der Waals surface area contributed by atoms with Crippen LogP contribution in [0.25, 0.3) is 0 Å². The largest absolute Gasteiger partial charge is 0.351 e. The van der Waals surface area contributed by atoms with Gasteiger partial charge in [0, 0.05) is 14.1 Å². The third kappa shape index (κ3) is 26.6. The Morgan fingerprint density at radius 2 is 1.64 bits per heavy atom. The molecule has 0 fully saturated rings. The van der Waals surface area contributed by atoms with Crippen LogP contribution in [0.2, 0.25) is 13.1 Å². The topological polar surface area (TPSA) is 46.3 Å². The van der Waals surface area contributed by atoms with E-state index < -0.39 is 8.24 Å². The fourth-order valence-electron chi connectivity index (χ4n) is 0. The second-order valence-corrected chi connectivity index (χ2v) is 7.15. The Hall–Kier alpha value is -0.613. The van der Waals surface area contributed by atoms with E-state index in [9.17, 15) is 4.79 Å². The molecule has 0 heterocycles. The third-order valence-electron chi connectivity index (χ3n) is 0.737. The van der Waals surface area contributed by atoms with Crippen LogP contribution in [0.3, 0.4) is 0 Å². The van der Waals surface area contributed by atoms with Crippen molar-refractivity contribution in [3.05, 3.63) is 12.3 Å². The summed E-state index contributed by atoms with van der Waals surface area (Å²) >= 11 is 0. The number of carbonyl (C=O) groups is 1. The first-order valence-corrected chi connectivity index (χ1v) is 6.53. The maximum Gasteiger partial charge on any atom is 0.209 e. The van der Waals surface area contributed by atoms with Crippen molar-refractivity contribution in [2.75, 3.05) is 14.1 Å². The molecule has 0 rings (SSSR count). The van der Waals surface area contributed by atoms with Crippen molar-refractivity contribution >= 4 is 14.6 Å². The molecule has 0 saturated carbocycles. The minimum absolute atomic E-state index is 0.750. The zero-order chi connectivity index (χ0) is 9.49. The van der Waals surface area contributed by atoms with Gasteiger partial charge in [-0.2, -0.15) is 0 Å². The number of hydrogen-bond donors (Lipinski definition) is 1. The fourth-order valence-corrected chi connectivity index (χ4v) is 0. The van der Waals surface area contributed by atoms with Gasteiger partial charge in [0.1, 0.15) is 8.24 Å². The van der Waals surface area contributed by atoms with Crippen molar-refractivity contribution in [1.29, 1.82) is 0 Å². The lowest BCUT2D eigenvalue weighted by Crippen LogP contribution is -2.35. The highest BCUT2D eigenvalue weighted by Crippen LogP contribution is 1.87. The Morgan fingerprint density at radius 1 is 1.45 bits per heavy atom. The summed E-state index contributed by atoms with van der Waals surface area (Å²) in [5, 5.41) is 5.56. The maximum absolute atomic E-state index is 9.43. The van der Waals surface area contributed by atoms with Gasteiger partial charge in [-0.05, 0) is 0 Å². The molecule has 2 N–H and O–H groups in total. The predicted octanol–water partition coefficient (Wildman–Crippen LogP) is 0.580. The lowest BCUT2D eigenvalue weighted by atomic mass is 11.0. The van der Waals surface area contributed by atoms with Crippen LogP contribution >= 0.6 is 0 Å². The Kier molecular flexibility index (Phi) is 7.24. The van der Waals surface area contributed by atoms with Gasteiger partial charge in [-0.15, -0.1) is 6.58 Å². The SMILES string of the molecule is C=C[Si](C)(C)N.CN(C)C=O. The molecule has 66 valence electrons. The molecule has 0 aliphatic heterocycles. The molecule has 0 saturated heterocycles. The van der Waals surface area contributed by atoms with Crippen molar-refractivity contribution < 1.29 is 4.79 Å². The predicted molar refractivity (Wildman–Crippen MR) is 51.6 cm³/mol. The second-order valence-electron chi connectivity index (χ2n) is 3.09. The first kappa shape index (κ1) is 13.0. The van der Waals surface area contributed by atoms with E-state index in [1.165, 1.54) is 4.90 Å². The lowest BCUT2D eigenvalue weighted by molar-refractivity contribution is -0.115. The molecule has 0 aromatic rings. The molecule has 0 aromatic carbocycles. The van der Waals surface area contributed by atoms with Gasteiger partial charge in [0.25, 0.3) is 0 Å². The van der Waals surface area contributed by atoms with E-state index in [1.807, 2.05) is 18.8 Å². The molecular formula is C7H18N2OSi. The van der Waals surface area contributed by atoms with E-state index in [0.29, 0.717) is 0 Å². The van der Waals surface area contributed by atoms with Gasteiger partial charge < -0.3 is 10.3 Å². The highest BCUT2D eigenvalue weighted by Gasteiger charge is 2.04. The summed E-state index contributed by atoms with van der Waals surface area (Å²) < 4.78 is 0. The van der Waals surface area contributed by atoms with Crippen LogP contribution in [0.5, 0.6) is 0 Å². The van der Waals surface area contributed by atoms with Gasteiger partial charge in [-0.1, -0.05) is 18.8 Å². The molecular weight excluding hydrogens is 156 g/mol. The monoisotopic (exact) mass is 174 g/mol. The zero-order valence-electron chi connectivity index (χ0n) is 7.79. The van der Waals surface area contributed by atoms with Crippen molar-refractivity contribution in [3.63, 3.8) is 0 Å². The lowest BCUT2D eigenvalue weighted by Gasteiger charge is -2.04. The summed E-state index contributed by atoms with van der Waals surface area (Å²) in [6, 6.07) is 0. The first-order valence-electron chi connectivity index (χ1n) is 3.37. The second kappa shape index (κ2) is 6.12. The molecule has 0 spiro atoms. The van der Waals surface area contributed by atoms with Gasteiger partial charge in [-0.25, -0.2) is 0 Å². The highest BCUT2D eigenvalue weighted by atomic mass is 28.3. The van der Waals surface area contributed by atoms with Crippen LogP contribution < -0.4 is 5.40 Å². The fraction of sp³-hybridized carbons (Fsp3) is 0.571. The molecule has 0 aliphatic rings. The summed E-state index contributed by atoms with van der Waals surface area (Å²) in [4.78, 5) is 10.9. The van der Waals surface area contributed by atoms with E-state index in [0.717, 1.165) is 6.41 Å². The summed E-state index contributed by atoms with van der Waals surface area (Å²) in [6.07, 6.45) is 0.750. The normalized spacial score (nSPS) is 9.18. The van der Waals surface area contributed by atoms with Crippen LogP contribution in [-0.2, 0) is 4.79 Å². The number of carbonyl (C=O) groups excluding carboxylic acids is 1. The van der Waals surface area contributed by atoms with E-state index in [2.05, 4.69) is 6.58 Å².